The van der Waals surface area contributed by atoms with E-state index < -0.39 is 0 Å². The first-order chi connectivity index (χ1) is 14.8. The van der Waals surface area contributed by atoms with Gasteiger partial charge in [0.1, 0.15) is 0 Å². The molecule has 0 N–H and O–H groups in total. The molecular weight excluding hydrogens is 374 g/mol. The lowest BCUT2D eigenvalue weighted by Gasteiger charge is -2.34. The van der Waals surface area contributed by atoms with Gasteiger partial charge in [-0.25, -0.2) is 4.98 Å². The van der Waals surface area contributed by atoms with E-state index in [0.29, 0.717) is 11.4 Å². The second-order valence-corrected chi connectivity index (χ2v) is 6.56. The van der Waals surface area contributed by atoms with Crippen molar-refractivity contribution in [2.75, 3.05) is 12.0 Å². The number of anilines is 2. The van der Waals surface area contributed by atoms with Crippen molar-refractivity contribution in [3.8, 4) is 11.9 Å². The fraction of sp³-hybridized carbons (Fsp3) is 0.0833. The van der Waals surface area contributed by atoms with E-state index in [2.05, 4.69) is 25.9 Å². The molecule has 0 spiro atoms. The van der Waals surface area contributed by atoms with Gasteiger partial charge in [0.2, 0.25) is 5.88 Å². The third kappa shape index (κ3) is 3.96. The molecule has 6 heteroatoms. The standard InChI is InChI=1S/C24H19N5O/c1-30-23-11-10-20(15-28-23)24(19-8-6-18(14-25)7-9-19)29(21-4-2-12-26-16-21)22-5-3-13-27-17-22/h2-13,15-17,24H,1H3. The zero-order valence-corrected chi connectivity index (χ0v) is 16.4. The summed E-state index contributed by atoms with van der Waals surface area (Å²) >= 11 is 0. The normalized spacial score (nSPS) is 11.3. The van der Waals surface area contributed by atoms with E-state index in [0.717, 1.165) is 22.5 Å². The third-order valence-corrected chi connectivity index (χ3v) is 4.75. The summed E-state index contributed by atoms with van der Waals surface area (Å²) in [4.78, 5) is 15.2. The number of nitriles is 1. The number of nitrogens with zero attached hydrogens (tertiary/aromatic N) is 5. The molecule has 6 nitrogen and oxygen atoms in total. The van der Waals surface area contributed by atoms with Crippen LogP contribution in [-0.4, -0.2) is 22.1 Å². The molecule has 4 rings (SSSR count). The molecule has 0 saturated carbocycles. The summed E-state index contributed by atoms with van der Waals surface area (Å²) in [7, 11) is 1.59. The van der Waals surface area contributed by atoms with Gasteiger partial charge in [-0.3, -0.25) is 9.97 Å². The van der Waals surface area contributed by atoms with Crippen molar-refractivity contribution in [1.29, 1.82) is 5.26 Å². The molecular formula is C24H19N5O. The lowest BCUT2D eigenvalue weighted by molar-refractivity contribution is 0.397. The van der Waals surface area contributed by atoms with Crippen molar-refractivity contribution in [3.63, 3.8) is 0 Å². The Morgan fingerprint density at radius 1 is 0.833 bits per heavy atom. The highest BCUT2D eigenvalue weighted by Crippen LogP contribution is 2.38. The Morgan fingerprint density at radius 3 is 1.93 bits per heavy atom. The fourth-order valence-corrected chi connectivity index (χ4v) is 3.34. The summed E-state index contributed by atoms with van der Waals surface area (Å²) in [5, 5.41) is 9.21. The van der Waals surface area contributed by atoms with Gasteiger partial charge < -0.3 is 9.64 Å². The number of hydrogen-bond donors (Lipinski definition) is 0. The number of pyridine rings is 3. The van der Waals surface area contributed by atoms with Crippen molar-refractivity contribution in [2.24, 2.45) is 0 Å². The van der Waals surface area contributed by atoms with Crippen LogP contribution in [0.3, 0.4) is 0 Å². The van der Waals surface area contributed by atoms with Gasteiger partial charge in [0.15, 0.2) is 0 Å². The number of rotatable bonds is 6. The Morgan fingerprint density at radius 2 is 1.47 bits per heavy atom. The van der Waals surface area contributed by atoms with Crippen molar-refractivity contribution in [3.05, 3.63) is 108 Å². The highest BCUT2D eigenvalue weighted by Gasteiger charge is 2.25. The molecule has 0 saturated heterocycles. The van der Waals surface area contributed by atoms with E-state index >= 15 is 0 Å². The van der Waals surface area contributed by atoms with Crippen molar-refractivity contribution in [2.45, 2.75) is 6.04 Å². The van der Waals surface area contributed by atoms with Crippen LogP contribution >= 0.6 is 0 Å². The molecule has 3 heterocycles. The van der Waals surface area contributed by atoms with E-state index in [4.69, 9.17) is 4.74 Å². The molecule has 0 aliphatic rings. The second kappa shape index (κ2) is 8.84. The molecule has 0 radical (unpaired) electrons. The highest BCUT2D eigenvalue weighted by molar-refractivity contribution is 5.65. The Hall–Kier alpha value is -4.24. The maximum Gasteiger partial charge on any atom is 0.212 e. The monoisotopic (exact) mass is 393 g/mol. The van der Waals surface area contributed by atoms with Gasteiger partial charge in [-0.1, -0.05) is 12.1 Å². The molecule has 0 amide bonds. The van der Waals surface area contributed by atoms with E-state index in [1.165, 1.54) is 0 Å². The minimum Gasteiger partial charge on any atom is -0.481 e. The Labute approximate surface area is 175 Å². The molecule has 0 aliphatic heterocycles. The topological polar surface area (TPSA) is 74.9 Å². The highest BCUT2D eigenvalue weighted by atomic mass is 16.5. The average Bonchev–Trinajstić information content (AvgIpc) is 2.84. The summed E-state index contributed by atoms with van der Waals surface area (Å²) in [6.07, 6.45) is 8.94. The first-order valence-corrected chi connectivity index (χ1v) is 9.39. The summed E-state index contributed by atoms with van der Waals surface area (Å²) in [5.74, 6) is 0.548. The van der Waals surface area contributed by atoms with Crippen LogP contribution < -0.4 is 9.64 Å². The van der Waals surface area contributed by atoms with E-state index in [1.54, 1.807) is 25.7 Å². The molecule has 0 aliphatic carbocycles. The maximum atomic E-state index is 9.21. The second-order valence-electron chi connectivity index (χ2n) is 6.56. The number of hydrogen-bond acceptors (Lipinski definition) is 6. The van der Waals surface area contributed by atoms with Gasteiger partial charge in [-0.05, 0) is 53.6 Å². The minimum absolute atomic E-state index is 0.218. The first-order valence-electron chi connectivity index (χ1n) is 9.39. The van der Waals surface area contributed by atoms with E-state index in [9.17, 15) is 5.26 Å². The minimum atomic E-state index is -0.218. The maximum absolute atomic E-state index is 9.21. The number of ether oxygens (including phenoxy) is 1. The largest absolute Gasteiger partial charge is 0.481 e. The third-order valence-electron chi connectivity index (χ3n) is 4.75. The van der Waals surface area contributed by atoms with Crippen LogP contribution in [0.15, 0.2) is 91.6 Å². The van der Waals surface area contributed by atoms with Gasteiger partial charge in [-0.2, -0.15) is 5.26 Å². The zero-order valence-electron chi connectivity index (χ0n) is 16.4. The predicted molar refractivity (Wildman–Crippen MR) is 114 cm³/mol. The molecule has 1 aromatic carbocycles. The quantitative estimate of drug-likeness (QED) is 0.473. The van der Waals surface area contributed by atoms with Gasteiger partial charge in [0.05, 0.1) is 48.6 Å². The molecule has 1 atom stereocenters. The fourth-order valence-electron chi connectivity index (χ4n) is 3.34. The molecule has 1 unspecified atom stereocenters. The van der Waals surface area contributed by atoms with E-state index in [-0.39, 0.29) is 6.04 Å². The van der Waals surface area contributed by atoms with Crippen LogP contribution in [0.2, 0.25) is 0 Å². The lowest BCUT2D eigenvalue weighted by Crippen LogP contribution is -2.25. The Kier molecular flexibility index (Phi) is 5.63. The summed E-state index contributed by atoms with van der Waals surface area (Å²) in [6.45, 7) is 0. The van der Waals surface area contributed by atoms with Crippen LogP contribution in [0.1, 0.15) is 22.7 Å². The number of methoxy groups -OCH3 is 1. The Bertz CT molecular complexity index is 1080. The molecule has 0 fully saturated rings. The van der Waals surface area contributed by atoms with Gasteiger partial charge in [-0.15, -0.1) is 0 Å². The molecule has 3 aromatic heterocycles. The summed E-state index contributed by atoms with van der Waals surface area (Å²) in [5.41, 5.74) is 4.41. The van der Waals surface area contributed by atoms with Crippen molar-refractivity contribution >= 4 is 11.4 Å². The van der Waals surface area contributed by atoms with Crippen LogP contribution in [0.5, 0.6) is 5.88 Å². The molecule has 4 aromatic rings. The average molecular weight is 393 g/mol. The van der Waals surface area contributed by atoms with E-state index in [1.807, 2.05) is 73.1 Å². The lowest BCUT2D eigenvalue weighted by atomic mass is 9.96. The number of aromatic nitrogens is 3. The summed E-state index contributed by atoms with van der Waals surface area (Å²) in [6, 6.07) is 21.2. The van der Waals surface area contributed by atoms with Crippen molar-refractivity contribution < 1.29 is 4.74 Å². The van der Waals surface area contributed by atoms with Crippen LogP contribution in [0.25, 0.3) is 0 Å². The molecule has 146 valence electrons. The van der Waals surface area contributed by atoms with Gasteiger partial charge >= 0.3 is 0 Å². The zero-order chi connectivity index (χ0) is 20.8. The van der Waals surface area contributed by atoms with Gasteiger partial charge in [0.25, 0.3) is 0 Å². The van der Waals surface area contributed by atoms with Gasteiger partial charge in [0, 0.05) is 24.7 Å². The Balaban J connectivity index is 1.91. The van der Waals surface area contributed by atoms with Crippen LogP contribution in [0.4, 0.5) is 11.4 Å². The van der Waals surface area contributed by atoms with Crippen LogP contribution in [0, 0.1) is 11.3 Å². The smallest absolute Gasteiger partial charge is 0.212 e. The summed E-state index contributed by atoms with van der Waals surface area (Å²) < 4.78 is 5.23. The number of benzene rings is 1. The van der Waals surface area contributed by atoms with Crippen LogP contribution in [-0.2, 0) is 0 Å². The van der Waals surface area contributed by atoms with Crippen molar-refractivity contribution in [1.82, 2.24) is 15.0 Å². The SMILES string of the molecule is COc1ccc(C(c2ccc(C#N)cc2)N(c2cccnc2)c2cccnc2)cn1. The molecule has 30 heavy (non-hydrogen) atoms. The molecule has 0 bridgehead atoms. The predicted octanol–water partition coefficient (Wildman–Crippen LogP) is 4.68. The first kappa shape index (κ1) is 19.1.